The van der Waals surface area contributed by atoms with Gasteiger partial charge >= 0.3 is 0 Å². The zero-order valence-corrected chi connectivity index (χ0v) is 11.4. The molecule has 1 saturated carbocycles. The lowest BCUT2D eigenvalue weighted by Crippen LogP contribution is -2.21. The van der Waals surface area contributed by atoms with E-state index in [2.05, 4.69) is 0 Å². The van der Waals surface area contributed by atoms with Crippen molar-refractivity contribution in [3.63, 3.8) is 0 Å². The van der Waals surface area contributed by atoms with Crippen LogP contribution < -0.4 is 0 Å². The average Bonchev–Trinajstić information content (AvgIpc) is 2.73. The fraction of sp³-hybridized carbons (Fsp3) is 0.538. The molecule has 0 heterocycles. The molecule has 2 rings (SSSR count). The van der Waals surface area contributed by atoms with E-state index >= 15 is 0 Å². The van der Waals surface area contributed by atoms with Gasteiger partial charge in [0.05, 0.1) is 0 Å². The van der Waals surface area contributed by atoms with E-state index in [0.29, 0.717) is 0 Å². The molecule has 88 valence electrons. The van der Waals surface area contributed by atoms with E-state index in [1.165, 1.54) is 25.7 Å². The van der Waals surface area contributed by atoms with Gasteiger partial charge in [0.15, 0.2) is 0 Å². The number of hydrogen-bond acceptors (Lipinski definition) is 0. The zero-order chi connectivity index (χ0) is 11.6. The highest BCUT2D eigenvalue weighted by Gasteiger charge is 2.33. The molecule has 1 fully saturated rings. The van der Waals surface area contributed by atoms with E-state index in [-0.39, 0.29) is 5.41 Å². The van der Waals surface area contributed by atoms with Crippen molar-refractivity contribution in [1.82, 2.24) is 0 Å². The van der Waals surface area contributed by atoms with Crippen molar-refractivity contribution in [3.8, 4) is 0 Å². The molecule has 1 aliphatic carbocycles. The second kappa shape index (κ2) is 5.16. The van der Waals surface area contributed by atoms with Crippen LogP contribution in [-0.2, 0) is 6.42 Å². The first-order valence-electron chi connectivity index (χ1n) is 5.65. The van der Waals surface area contributed by atoms with Gasteiger partial charge in [-0.25, -0.2) is 0 Å². The maximum Gasteiger partial charge on any atom is 0.0439 e. The average molecular weight is 278 g/mol. The minimum atomic E-state index is 0.246. The SMILES string of the molecule is ClCC1(Cc2cc(Cl)ccc2Cl)CCCC1. The lowest BCUT2D eigenvalue weighted by Gasteiger charge is -2.26. The number of halogens is 3. The summed E-state index contributed by atoms with van der Waals surface area (Å²) < 4.78 is 0. The van der Waals surface area contributed by atoms with Gasteiger partial charge in [-0.05, 0) is 48.4 Å². The van der Waals surface area contributed by atoms with E-state index in [4.69, 9.17) is 34.8 Å². The first-order chi connectivity index (χ1) is 7.65. The van der Waals surface area contributed by atoms with E-state index < -0.39 is 0 Å². The van der Waals surface area contributed by atoms with Crippen LogP contribution >= 0.6 is 34.8 Å². The molecule has 3 heteroatoms. The minimum Gasteiger partial charge on any atom is -0.126 e. The second-order valence-corrected chi connectivity index (χ2v) is 5.86. The fourth-order valence-corrected chi connectivity index (χ4v) is 3.31. The van der Waals surface area contributed by atoms with Crippen LogP contribution in [0.5, 0.6) is 0 Å². The predicted molar refractivity (Wildman–Crippen MR) is 71.8 cm³/mol. The van der Waals surface area contributed by atoms with Crippen LogP contribution in [0.4, 0.5) is 0 Å². The van der Waals surface area contributed by atoms with E-state index in [0.717, 1.165) is 27.9 Å². The molecule has 0 unspecified atom stereocenters. The maximum absolute atomic E-state index is 6.19. The molecule has 0 spiro atoms. The highest BCUT2D eigenvalue weighted by atomic mass is 35.5. The zero-order valence-electron chi connectivity index (χ0n) is 9.11. The molecular weight excluding hydrogens is 263 g/mol. The Balaban J connectivity index is 2.21. The summed E-state index contributed by atoms with van der Waals surface area (Å²) in [7, 11) is 0. The van der Waals surface area contributed by atoms with E-state index in [1.807, 2.05) is 18.2 Å². The van der Waals surface area contributed by atoms with Crippen LogP contribution in [0.1, 0.15) is 31.2 Å². The van der Waals surface area contributed by atoms with Crippen molar-refractivity contribution in [2.24, 2.45) is 5.41 Å². The molecule has 0 nitrogen and oxygen atoms in total. The quantitative estimate of drug-likeness (QED) is 0.655. The normalized spacial score (nSPS) is 18.9. The molecule has 0 aliphatic heterocycles. The van der Waals surface area contributed by atoms with Gasteiger partial charge in [0, 0.05) is 15.9 Å². The Hall–Kier alpha value is 0.0900. The summed E-state index contributed by atoms with van der Waals surface area (Å²) in [5.41, 5.74) is 1.38. The number of hydrogen-bond donors (Lipinski definition) is 0. The predicted octanol–water partition coefficient (Wildman–Crippen LogP) is 5.34. The van der Waals surface area contributed by atoms with Crippen molar-refractivity contribution in [2.45, 2.75) is 32.1 Å². The Bertz CT molecular complexity index is 367. The molecule has 16 heavy (non-hydrogen) atoms. The number of alkyl halides is 1. The third-order valence-corrected chi connectivity index (χ3v) is 4.69. The van der Waals surface area contributed by atoms with E-state index in [9.17, 15) is 0 Å². The van der Waals surface area contributed by atoms with Crippen molar-refractivity contribution in [2.75, 3.05) is 5.88 Å². The summed E-state index contributed by atoms with van der Waals surface area (Å²) in [6, 6.07) is 5.67. The Labute approximate surface area is 112 Å². The fourth-order valence-electron chi connectivity index (χ4n) is 2.57. The minimum absolute atomic E-state index is 0.246. The summed E-state index contributed by atoms with van der Waals surface area (Å²) in [6.07, 6.45) is 5.93. The highest BCUT2D eigenvalue weighted by molar-refractivity contribution is 6.33. The molecule has 1 aliphatic rings. The van der Waals surface area contributed by atoms with Crippen molar-refractivity contribution in [1.29, 1.82) is 0 Å². The third kappa shape index (κ3) is 2.67. The summed E-state index contributed by atoms with van der Waals surface area (Å²) in [6.45, 7) is 0. The summed E-state index contributed by atoms with van der Waals surface area (Å²) >= 11 is 18.3. The first-order valence-corrected chi connectivity index (χ1v) is 6.94. The molecule has 0 bridgehead atoms. The van der Waals surface area contributed by atoms with Crippen molar-refractivity contribution >= 4 is 34.8 Å². The van der Waals surface area contributed by atoms with Gasteiger partial charge < -0.3 is 0 Å². The van der Waals surface area contributed by atoms with Crippen molar-refractivity contribution < 1.29 is 0 Å². The Morgan fingerprint density at radius 1 is 1.12 bits per heavy atom. The highest BCUT2D eigenvalue weighted by Crippen LogP contribution is 2.43. The molecule has 0 amide bonds. The Kier molecular flexibility index (Phi) is 4.05. The molecule has 0 radical (unpaired) electrons. The largest absolute Gasteiger partial charge is 0.126 e. The van der Waals surface area contributed by atoms with Gasteiger partial charge in [-0.15, -0.1) is 11.6 Å². The van der Waals surface area contributed by atoms with Crippen LogP contribution in [0, 0.1) is 5.41 Å². The van der Waals surface area contributed by atoms with Crippen LogP contribution in [0.3, 0.4) is 0 Å². The summed E-state index contributed by atoms with van der Waals surface area (Å²) in [5.74, 6) is 0.718. The lowest BCUT2D eigenvalue weighted by molar-refractivity contribution is 0.341. The van der Waals surface area contributed by atoms with Crippen LogP contribution in [0.2, 0.25) is 10.0 Å². The smallest absolute Gasteiger partial charge is 0.0439 e. The van der Waals surface area contributed by atoms with Crippen LogP contribution in [-0.4, -0.2) is 5.88 Å². The topological polar surface area (TPSA) is 0 Å². The molecular formula is C13H15Cl3. The Morgan fingerprint density at radius 2 is 1.81 bits per heavy atom. The molecule has 1 aromatic rings. The summed E-state index contributed by atoms with van der Waals surface area (Å²) in [5, 5.41) is 1.56. The molecule has 0 saturated heterocycles. The van der Waals surface area contributed by atoms with Gasteiger partial charge in [-0.2, -0.15) is 0 Å². The van der Waals surface area contributed by atoms with Gasteiger partial charge in [0.1, 0.15) is 0 Å². The summed E-state index contributed by atoms with van der Waals surface area (Å²) in [4.78, 5) is 0. The molecule has 0 aromatic heterocycles. The third-order valence-electron chi connectivity index (χ3n) is 3.52. The number of rotatable bonds is 3. The van der Waals surface area contributed by atoms with Gasteiger partial charge in [0.25, 0.3) is 0 Å². The number of benzene rings is 1. The molecule has 1 aromatic carbocycles. The molecule has 0 atom stereocenters. The van der Waals surface area contributed by atoms with Crippen molar-refractivity contribution in [3.05, 3.63) is 33.8 Å². The van der Waals surface area contributed by atoms with Crippen LogP contribution in [0.15, 0.2) is 18.2 Å². The van der Waals surface area contributed by atoms with Crippen LogP contribution in [0.25, 0.3) is 0 Å². The first kappa shape index (κ1) is 12.5. The van der Waals surface area contributed by atoms with E-state index in [1.54, 1.807) is 0 Å². The molecule has 0 N–H and O–H groups in total. The maximum atomic E-state index is 6.19. The second-order valence-electron chi connectivity index (χ2n) is 4.75. The van der Waals surface area contributed by atoms with Gasteiger partial charge in [0.2, 0.25) is 0 Å². The standard InChI is InChI=1S/C13H15Cl3/c14-9-13(5-1-2-6-13)8-10-7-11(15)3-4-12(10)16/h3-4,7H,1-2,5-6,8-9H2. The Morgan fingerprint density at radius 3 is 2.44 bits per heavy atom. The van der Waals surface area contributed by atoms with Gasteiger partial charge in [-0.1, -0.05) is 36.0 Å². The lowest BCUT2D eigenvalue weighted by atomic mass is 9.82. The monoisotopic (exact) mass is 276 g/mol. The van der Waals surface area contributed by atoms with Gasteiger partial charge in [-0.3, -0.25) is 0 Å².